The highest BCUT2D eigenvalue weighted by molar-refractivity contribution is 5.96. The number of carbonyl (C=O) groups is 1. The van der Waals surface area contributed by atoms with E-state index in [2.05, 4.69) is 17.6 Å². The number of benzene rings is 1. The van der Waals surface area contributed by atoms with E-state index in [1.54, 1.807) is 0 Å². The van der Waals surface area contributed by atoms with Crippen LogP contribution in [0.2, 0.25) is 0 Å². The molecule has 0 aliphatic heterocycles. The van der Waals surface area contributed by atoms with E-state index in [1.807, 2.05) is 25.1 Å². The van der Waals surface area contributed by atoms with Crippen LogP contribution in [-0.2, 0) is 4.74 Å². The second kappa shape index (κ2) is 8.03. The average molecular weight is 290 g/mol. The summed E-state index contributed by atoms with van der Waals surface area (Å²) in [6.45, 7) is 7.05. The van der Waals surface area contributed by atoms with Crippen LogP contribution < -0.4 is 10.6 Å². The number of hydrogen-bond donors (Lipinski definition) is 2. The number of hydrogen-bond acceptors (Lipinski definition) is 3. The van der Waals surface area contributed by atoms with Crippen molar-refractivity contribution in [2.24, 2.45) is 5.92 Å². The Labute approximate surface area is 127 Å². The minimum Gasteiger partial charge on any atom is -0.385 e. The van der Waals surface area contributed by atoms with Crippen molar-refractivity contribution in [1.82, 2.24) is 5.32 Å². The van der Waals surface area contributed by atoms with Gasteiger partial charge in [-0.05, 0) is 55.9 Å². The number of rotatable bonds is 9. The molecule has 1 aliphatic carbocycles. The summed E-state index contributed by atoms with van der Waals surface area (Å²) in [4.78, 5) is 12.1. The molecule has 1 aromatic rings. The van der Waals surface area contributed by atoms with Gasteiger partial charge in [0.15, 0.2) is 0 Å². The van der Waals surface area contributed by atoms with Gasteiger partial charge in [0.05, 0.1) is 6.61 Å². The molecule has 0 heterocycles. The zero-order valence-electron chi connectivity index (χ0n) is 13.1. The van der Waals surface area contributed by atoms with Crippen LogP contribution in [0, 0.1) is 12.8 Å². The maximum Gasteiger partial charge on any atom is 0.251 e. The van der Waals surface area contributed by atoms with Crippen LogP contribution in [0.4, 0.5) is 5.69 Å². The van der Waals surface area contributed by atoms with Crippen molar-refractivity contribution in [2.75, 3.05) is 31.6 Å². The SMILES string of the molecule is CCCNc1ccc(C(=O)NCCOCC2CC2)c(C)c1. The third-order valence-electron chi connectivity index (χ3n) is 3.63. The summed E-state index contributed by atoms with van der Waals surface area (Å²) in [6.07, 6.45) is 3.68. The molecule has 116 valence electrons. The Balaban J connectivity index is 1.75. The third kappa shape index (κ3) is 5.38. The summed E-state index contributed by atoms with van der Waals surface area (Å²) in [5, 5.41) is 6.24. The molecule has 2 rings (SSSR count). The summed E-state index contributed by atoms with van der Waals surface area (Å²) < 4.78 is 5.51. The number of nitrogens with one attached hydrogen (secondary N) is 2. The van der Waals surface area contributed by atoms with Gasteiger partial charge in [-0.1, -0.05) is 6.92 Å². The molecule has 4 heteroatoms. The van der Waals surface area contributed by atoms with Crippen LogP contribution in [-0.4, -0.2) is 32.2 Å². The number of aryl methyl sites for hydroxylation is 1. The highest BCUT2D eigenvalue weighted by Gasteiger charge is 2.20. The Morgan fingerprint density at radius 1 is 1.33 bits per heavy atom. The average Bonchev–Trinajstić information content (AvgIpc) is 3.28. The molecule has 1 amide bonds. The third-order valence-corrected chi connectivity index (χ3v) is 3.63. The van der Waals surface area contributed by atoms with Crippen molar-refractivity contribution in [3.63, 3.8) is 0 Å². The molecule has 1 saturated carbocycles. The van der Waals surface area contributed by atoms with Crippen molar-refractivity contribution in [1.29, 1.82) is 0 Å². The highest BCUT2D eigenvalue weighted by atomic mass is 16.5. The van der Waals surface area contributed by atoms with E-state index >= 15 is 0 Å². The quantitative estimate of drug-likeness (QED) is 0.687. The molecule has 2 N–H and O–H groups in total. The van der Waals surface area contributed by atoms with Crippen molar-refractivity contribution in [3.8, 4) is 0 Å². The molecule has 0 bridgehead atoms. The van der Waals surface area contributed by atoms with Gasteiger partial charge in [-0.3, -0.25) is 4.79 Å². The topological polar surface area (TPSA) is 50.4 Å². The minimum atomic E-state index is -0.0236. The van der Waals surface area contributed by atoms with Crippen LogP contribution in [0.5, 0.6) is 0 Å². The molecule has 1 aliphatic rings. The zero-order valence-corrected chi connectivity index (χ0v) is 13.1. The number of anilines is 1. The maximum absolute atomic E-state index is 12.1. The zero-order chi connectivity index (χ0) is 15.1. The second-order valence-electron chi connectivity index (χ2n) is 5.73. The molecule has 0 aromatic heterocycles. The molecule has 1 fully saturated rings. The van der Waals surface area contributed by atoms with Crippen molar-refractivity contribution in [3.05, 3.63) is 29.3 Å². The van der Waals surface area contributed by atoms with Gasteiger partial charge in [0.25, 0.3) is 5.91 Å². The van der Waals surface area contributed by atoms with E-state index in [0.29, 0.717) is 13.2 Å². The number of ether oxygens (including phenoxy) is 1. The van der Waals surface area contributed by atoms with Crippen LogP contribution in [0.1, 0.15) is 42.1 Å². The molecule has 0 saturated heterocycles. The van der Waals surface area contributed by atoms with Gasteiger partial charge in [-0.15, -0.1) is 0 Å². The van der Waals surface area contributed by atoms with E-state index in [1.165, 1.54) is 12.8 Å². The first kappa shape index (κ1) is 15.8. The highest BCUT2D eigenvalue weighted by Crippen LogP contribution is 2.28. The van der Waals surface area contributed by atoms with Crippen LogP contribution in [0.25, 0.3) is 0 Å². The molecule has 1 aromatic carbocycles. The van der Waals surface area contributed by atoms with E-state index in [-0.39, 0.29) is 5.91 Å². The molecule has 0 atom stereocenters. The Morgan fingerprint density at radius 3 is 2.81 bits per heavy atom. The molecule has 4 nitrogen and oxygen atoms in total. The molecule has 0 spiro atoms. The lowest BCUT2D eigenvalue weighted by Gasteiger charge is -2.11. The molecular weight excluding hydrogens is 264 g/mol. The van der Waals surface area contributed by atoms with E-state index in [0.717, 1.165) is 42.3 Å². The summed E-state index contributed by atoms with van der Waals surface area (Å²) in [5.74, 6) is 0.746. The van der Waals surface area contributed by atoms with Gasteiger partial charge < -0.3 is 15.4 Å². The monoisotopic (exact) mass is 290 g/mol. The van der Waals surface area contributed by atoms with Crippen LogP contribution >= 0.6 is 0 Å². The van der Waals surface area contributed by atoms with Crippen LogP contribution in [0.3, 0.4) is 0 Å². The van der Waals surface area contributed by atoms with E-state index < -0.39 is 0 Å². The predicted molar refractivity (Wildman–Crippen MR) is 85.8 cm³/mol. The van der Waals surface area contributed by atoms with Crippen molar-refractivity contribution < 1.29 is 9.53 Å². The Kier molecular flexibility index (Phi) is 6.05. The molecular formula is C17H26N2O2. The largest absolute Gasteiger partial charge is 0.385 e. The van der Waals surface area contributed by atoms with Gasteiger partial charge in [-0.2, -0.15) is 0 Å². The Morgan fingerprint density at radius 2 is 2.14 bits per heavy atom. The second-order valence-corrected chi connectivity index (χ2v) is 5.73. The summed E-state index contributed by atoms with van der Waals surface area (Å²) in [6, 6.07) is 5.86. The predicted octanol–water partition coefficient (Wildman–Crippen LogP) is 2.97. The maximum atomic E-state index is 12.1. The molecule has 0 radical (unpaired) electrons. The van der Waals surface area contributed by atoms with Gasteiger partial charge >= 0.3 is 0 Å². The first-order valence-corrected chi connectivity index (χ1v) is 7.91. The fourth-order valence-electron chi connectivity index (χ4n) is 2.16. The Hall–Kier alpha value is -1.55. The fraction of sp³-hybridized carbons (Fsp3) is 0.588. The van der Waals surface area contributed by atoms with E-state index in [4.69, 9.17) is 4.74 Å². The molecule has 21 heavy (non-hydrogen) atoms. The smallest absolute Gasteiger partial charge is 0.251 e. The lowest BCUT2D eigenvalue weighted by Crippen LogP contribution is -2.28. The minimum absolute atomic E-state index is 0.0236. The van der Waals surface area contributed by atoms with Crippen molar-refractivity contribution in [2.45, 2.75) is 33.1 Å². The lowest BCUT2D eigenvalue weighted by molar-refractivity contribution is 0.0906. The fourth-order valence-corrected chi connectivity index (χ4v) is 2.16. The summed E-state index contributed by atoms with van der Waals surface area (Å²) in [5.41, 5.74) is 2.80. The molecule has 0 unspecified atom stereocenters. The van der Waals surface area contributed by atoms with Crippen molar-refractivity contribution >= 4 is 11.6 Å². The van der Waals surface area contributed by atoms with E-state index in [9.17, 15) is 4.79 Å². The first-order valence-electron chi connectivity index (χ1n) is 7.91. The van der Waals surface area contributed by atoms with Gasteiger partial charge in [0, 0.05) is 30.9 Å². The number of carbonyl (C=O) groups excluding carboxylic acids is 1. The van der Waals surface area contributed by atoms with Crippen LogP contribution in [0.15, 0.2) is 18.2 Å². The lowest BCUT2D eigenvalue weighted by atomic mass is 10.1. The number of amides is 1. The summed E-state index contributed by atoms with van der Waals surface area (Å²) >= 11 is 0. The standard InChI is InChI=1S/C17H26N2O2/c1-3-8-18-15-6-7-16(13(2)11-15)17(20)19-9-10-21-12-14-4-5-14/h6-7,11,14,18H,3-5,8-10,12H2,1-2H3,(H,19,20). The summed E-state index contributed by atoms with van der Waals surface area (Å²) in [7, 11) is 0. The normalized spacial score (nSPS) is 14.0. The van der Waals surface area contributed by atoms with Gasteiger partial charge in [-0.25, -0.2) is 0 Å². The van der Waals surface area contributed by atoms with Gasteiger partial charge in [0.1, 0.15) is 0 Å². The van der Waals surface area contributed by atoms with Gasteiger partial charge in [0.2, 0.25) is 0 Å². The first-order chi connectivity index (χ1) is 10.2. The Bertz CT molecular complexity index is 470.